The molecule has 1 aliphatic carbocycles. The minimum atomic E-state index is -1.10. The molecule has 142 valence electrons. The number of oxime groups is 1. The van der Waals surface area contributed by atoms with E-state index in [1.165, 1.54) is 14.2 Å². The summed E-state index contributed by atoms with van der Waals surface area (Å²) in [5.74, 6) is -1.78. The van der Waals surface area contributed by atoms with E-state index >= 15 is 0 Å². The number of hydrogen-bond acceptors (Lipinski definition) is 8. The number of esters is 2. The van der Waals surface area contributed by atoms with Gasteiger partial charge in [0.25, 0.3) is 0 Å². The van der Waals surface area contributed by atoms with E-state index < -0.39 is 30.1 Å². The molecule has 0 aromatic carbocycles. The Morgan fingerprint density at radius 1 is 1.27 bits per heavy atom. The number of aliphatic hydroxyl groups is 1. The lowest BCUT2D eigenvalue weighted by Crippen LogP contribution is -2.61. The molecule has 2 fully saturated rings. The summed E-state index contributed by atoms with van der Waals surface area (Å²) in [4.78, 5) is 31.5. The van der Waals surface area contributed by atoms with Crippen LogP contribution in [0.5, 0.6) is 0 Å². The number of likely N-dealkylation sites (N-methyl/N-ethyl adjacent to an activating group) is 1. The van der Waals surface area contributed by atoms with Crippen molar-refractivity contribution < 1.29 is 29.0 Å². The molecule has 0 aromatic heterocycles. The summed E-state index contributed by atoms with van der Waals surface area (Å²) < 4.78 is 10.5. The lowest BCUT2D eigenvalue weighted by atomic mass is 9.85. The number of piperidine rings is 1. The van der Waals surface area contributed by atoms with E-state index in [4.69, 9.17) is 14.3 Å². The van der Waals surface area contributed by atoms with Gasteiger partial charge in [0.15, 0.2) is 0 Å². The summed E-state index contributed by atoms with van der Waals surface area (Å²) in [6.07, 6.45) is 5.21. The molecule has 3 rings (SSSR count). The van der Waals surface area contributed by atoms with Crippen molar-refractivity contribution in [2.75, 3.05) is 21.3 Å². The fourth-order valence-electron chi connectivity index (χ4n) is 4.16. The van der Waals surface area contributed by atoms with Crippen LogP contribution in [0.2, 0.25) is 0 Å². The maximum Gasteiger partial charge on any atom is 0.338 e. The summed E-state index contributed by atoms with van der Waals surface area (Å²) in [6.45, 7) is 0. The van der Waals surface area contributed by atoms with Gasteiger partial charge in [-0.1, -0.05) is 17.3 Å². The molecule has 8 nitrogen and oxygen atoms in total. The molecule has 0 saturated carbocycles. The lowest BCUT2D eigenvalue weighted by Gasteiger charge is -2.43. The zero-order chi connectivity index (χ0) is 18.8. The van der Waals surface area contributed by atoms with E-state index in [-0.39, 0.29) is 12.1 Å². The molecule has 1 unspecified atom stereocenters. The molecule has 0 radical (unpaired) electrons. The van der Waals surface area contributed by atoms with E-state index in [1.807, 2.05) is 11.9 Å². The smallest absolute Gasteiger partial charge is 0.338 e. The van der Waals surface area contributed by atoms with Gasteiger partial charge in [0.2, 0.25) is 0 Å². The predicted molar refractivity (Wildman–Crippen MR) is 92.2 cm³/mol. The number of fused-ring (bicyclic) bond motifs is 2. The van der Waals surface area contributed by atoms with Crippen LogP contribution in [0.4, 0.5) is 0 Å². The number of carbonyl (C=O) groups excluding carboxylic acids is 2. The van der Waals surface area contributed by atoms with E-state index in [0.29, 0.717) is 17.7 Å². The average Bonchev–Trinajstić information content (AvgIpc) is 2.93. The SMILES string of the molecule is CON=C1C=C(C(=O)OC2[C@H](O)[C@H](C(=O)OC)[C@H]3CC[C@@H]2N3C)C=CC1. The number of aliphatic hydroxyl groups excluding tert-OH is 1. The third-order valence-electron chi connectivity index (χ3n) is 5.41. The van der Waals surface area contributed by atoms with Crippen molar-refractivity contribution in [1.82, 2.24) is 4.90 Å². The van der Waals surface area contributed by atoms with Crippen LogP contribution in [0.1, 0.15) is 19.3 Å². The Morgan fingerprint density at radius 2 is 2.00 bits per heavy atom. The van der Waals surface area contributed by atoms with Crippen molar-refractivity contribution >= 4 is 17.7 Å². The van der Waals surface area contributed by atoms with Gasteiger partial charge in [-0.3, -0.25) is 9.69 Å². The standard InChI is InChI=1S/C18H24N2O6/c1-20-12-7-8-13(20)16(15(21)14(12)18(23)24-2)26-17(22)10-5-4-6-11(9-10)19-25-3/h4-5,9,12-16,21H,6-8H2,1-3H3/t12-,13+,14-,15-,16?/m1/s1. The van der Waals surface area contributed by atoms with Gasteiger partial charge in [0.1, 0.15) is 25.2 Å². The highest BCUT2D eigenvalue weighted by Crippen LogP contribution is 2.40. The molecule has 2 heterocycles. The van der Waals surface area contributed by atoms with Crippen LogP contribution in [0.25, 0.3) is 0 Å². The average molecular weight is 364 g/mol. The Kier molecular flexibility index (Phi) is 5.43. The minimum Gasteiger partial charge on any atom is -0.469 e. The van der Waals surface area contributed by atoms with E-state index in [0.717, 1.165) is 12.8 Å². The maximum absolute atomic E-state index is 12.6. The first-order valence-electron chi connectivity index (χ1n) is 8.65. The maximum atomic E-state index is 12.6. The van der Waals surface area contributed by atoms with Gasteiger partial charge in [-0.25, -0.2) is 4.79 Å². The van der Waals surface area contributed by atoms with Crippen LogP contribution in [0.3, 0.4) is 0 Å². The van der Waals surface area contributed by atoms with Gasteiger partial charge < -0.3 is 19.4 Å². The lowest BCUT2D eigenvalue weighted by molar-refractivity contribution is -0.179. The molecular formula is C18H24N2O6. The van der Waals surface area contributed by atoms with Crippen LogP contribution < -0.4 is 0 Å². The number of methoxy groups -OCH3 is 1. The van der Waals surface area contributed by atoms with Crippen molar-refractivity contribution in [3.05, 3.63) is 23.8 Å². The van der Waals surface area contributed by atoms with E-state index in [1.54, 1.807) is 18.2 Å². The quantitative estimate of drug-likeness (QED) is 0.570. The fourth-order valence-corrected chi connectivity index (χ4v) is 4.16. The van der Waals surface area contributed by atoms with Gasteiger partial charge >= 0.3 is 11.9 Å². The zero-order valence-corrected chi connectivity index (χ0v) is 15.1. The Labute approximate surface area is 152 Å². The van der Waals surface area contributed by atoms with Gasteiger partial charge in [-0.05, 0) is 26.0 Å². The normalized spacial score (nSPS) is 35.2. The molecule has 2 bridgehead atoms. The largest absolute Gasteiger partial charge is 0.469 e. The van der Waals surface area contributed by atoms with Crippen molar-refractivity contribution in [1.29, 1.82) is 0 Å². The molecule has 1 N–H and O–H groups in total. The number of rotatable bonds is 4. The highest BCUT2D eigenvalue weighted by atomic mass is 16.6. The number of carbonyl (C=O) groups is 2. The van der Waals surface area contributed by atoms with Gasteiger partial charge in [-0.15, -0.1) is 0 Å². The molecule has 2 aliphatic heterocycles. The third-order valence-corrected chi connectivity index (χ3v) is 5.41. The van der Waals surface area contributed by atoms with Gasteiger partial charge in [-0.2, -0.15) is 0 Å². The van der Waals surface area contributed by atoms with Crippen molar-refractivity contribution in [3.8, 4) is 0 Å². The first-order chi connectivity index (χ1) is 12.5. The minimum absolute atomic E-state index is 0.105. The van der Waals surface area contributed by atoms with Crippen LogP contribution in [0.15, 0.2) is 29.0 Å². The summed E-state index contributed by atoms with van der Waals surface area (Å²) >= 11 is 0. The van der Waals surface area contributed by atoms with Gasteiger partial charge in [0, 0.05) is 18.5 Å². The van der Waals surface area contributed by atoms with Crippen molar-refractivity contribution in [2.45, 2.75) is 43.6 Å². The highest BCUT2D eigenvalue weighted by molar-refractivity contribution is 6.05. The Hall–Kier alpha value is -2.19. The molecule has 3 aliphatic rings. The zero-order valence-electron chi connectivity index (χ0n) is 15.1. The molecular weight excluding hydrogens is 340 g/mol. The summed E-state index contributed by atoms with van der Waals surface area (Å²) in [6, 6.07) is -0.230. The second kappa shape index (κ2) is 7.59. The highest BCUT2D eigenvalue weighted by Gasteiger charge is 2.55. The Morgan fingerprint density at radius 3 is 2.69 bits per heavy atom. The predicted octanol–water partition coefficient (Wildman–Crippen LogP) is 0.413. The van der Waals surface area contributed by atoms with E-state index in [9.17, 15) is 14.7 Å². The molecule has 0 amide bonds. The topological polar surface area (TPSA) is 97.7 Å². The van der Waals surface area contributed by atoms with Crippen LogP contribution in [-0.4, -0.2) is 73.2 Å². The molecule has 0 spiro atoms. The molecule has 0 aromatic rings. The van der Waals surface area contributed by atoms with Gasteiger partial charge in [0.05, 0.1) is 18.4 Å². The Balaban J connectivity index is 1.79. The van der Waals surface area contributed by atoms with E-state index in [2.05, 4.69) is 5.16 Å². The van der Waals surface area contributed by atoms with Crippen LogP contribution >= 0.6 is 0 Å². The molecule has 2 saturated heterocycles. The molecule has 26 heavy (non-hydrogen) atoms. The number of hydrogen-bond donors (Lipinski definition) is 1. The van der Waals surface area contributed by atoms with Crippen LogP contribution in [-0.2, 0) is 23.9 Å². The second-order valence-electron chi connectivity index (χ2n) is 6.76. The molecule has 5 atom stereocenters. The monoisotopic (exact) mass is 364 g/mol. The number of nitrogens with zero attached hydrogens (tertiary/aromatic N) is 2. The summed E-state index contributed by atoms with van der Waals surface area (Å²) in [7, 11) is 4.62. The van der Waals surface area contributed by atoms with Crippen molar-refractivity contribution in [3.63, 3.8) is 0 Å². The second-order valence-corrected chi connectivity index (χ2v) is 6.76. The fraction of sp³-hybridized carbons (Fsp3) is 0.611. The first-order valence-corrected chi connectivity index (χ1v) is 8.65. The van der Waals surface area contributed by atoms with Crippen LogP contribution in [0, 0.1) is 5.92 Å². The summed E-state index contributed by atoms with van der Waals surface area (Å²) in [5.41, 5.74) is 0.938. The number of ether oxygens (including phenoxy) is 2. The summed E-state index contributed by atoms with van der Waals surface area (Å²) in [5, 5.41) is 14.6. The first kappa shape index (κ1) is 18.6. The Bertz CT molecular complexity index is 671. The van der Waals surface area contributed by atoms with Crippen molar-refractivity contribution in [2.24, 2.45) is 11.1 Å². The molecule has 8 heteroatoms. The number of allylic oxidation sites excluding steroid dienone is 2. The third kappa shape index (κ3) is 3.26.